The van der Waals surface area contributed by atoms with Crippen LogP contribution in [0.25, 0.3) is 0 Å². The smallest absolute Gasteiger partial charge is 0.161 e. The van der Waals surface area contributed by atoms with Crippen LogP contribution in [0.5, 0.6) is 11.5 Å². The highest BCUT2D eigenvalue weighted by Gasteiger charge is 2.07. The van der Waals surface area contributed by atoms with Gasteiger partial charge >= 0.3 is 0 Å². The number of aryl methyl sites for hydroxylation is 1. The number of ether oxygens (including phenoxy) is 2. The number of hydrogen-bond acceptors (Lipinski definition) is 3. The lowest BCUT2D eigenvalue weighted by Gasteiger charge is -2.13. The largest absolute Gasteiger partial charge is 0.493 e. The second-order valence-corrected chi connectivity index (χ2v) is 4.55. The lowest BCUT2D eigenvalue weighted by atomic mass is 10.1. The average Bonchev–Trinajstić information content (AvgIpc) is 2.46. The Morgan fingerprint density at radius 3 is 2.55 bits per heavy atom. The van der Waals surface area contributed by atoms with Crippen LogP contribution in [0, 0.1) is 12.7 Å². The van der Waals surface area contributed by atoms with Crippen molar-refractivity contribution in [1.82, 2.24) is 0 Å². The van der Waals surface area contributed by atoms with Crippen molar-refractivity contribution in [2.45, 2.75) is 20.1 Å². The summed E-state index contributed by atoms with van der Waals surface area (Å²) in [6.45, 7) is 2.68. The van der Waals surface area contributed by atoms with E-state index in [1.165, 1.54) is 12.1 Å². The second-order valence-electron chi connectivity index (χ2n) is 4.55. The molecular weight excluding hydrogens is 257 g/mol. The third-order valence-corrected chi connectivity index (χ3v) is 3.15. The Balaban J connectivity index is 2.14. The van der Waals surface area contributed by atoms with Crippen molar-refractivity contribution in [3.8, 4) is 11.5 Å². The number of methoxy groups -OCH3 is 1. The molecule has 0 aliphatic carbocycles. The van der Waals surface area contributed by atoms with Crippen molar-refractivity contribution in [3.63, 3.8) is 0 Å². The van der Waals surface area contributed by atoms with E-state index < -0.39 is 0 Å². The van der Waals surface area contributed by atoms with Gasteiger partial charge in [0, 0.05) is 6.54 Å². The maximum atomic E-state index is 13.0. The van der Waals surface area contributed by atoms with Crippen LogP contribution in [-0.2, 0) is 13.2 Å². The van der Waals surface area contributed by atoms with Crippen molar-refractivity contribution >= 4 is 0 Å². The molecule has 0 heterocycles. The first-order valence-corrected chi connectivity index (χ1v) is 6.39. The fourth-order valence-electron chi connectivity index (χ4n) is 1.93. The Bertz CT molecular complexity index is 599. The first-order chi connectivity index (χ1) is 9.63. The molecule has 0 amide bonds. The molecule has 0 saturated heterocycles. The van der Waals surface area contributed by atoms with Crippen molar-refractivity contribution in [2.75, 3.05) is 7.11 Å². The van der Waals surface area contributed by atoms with Gasteiger partial charge in [-0.3, -0.25) is 0 Å². The normalized spacial score (nSPS) is 10.4. The molecule has 0 spiro atoms. The van der Waals surface area contributed by atoms with E-state index in [1.54, 1.807) is 13.2 Å². The minimum Gasteiger partial charge on any atom is -0.493 e. The van der Waals surface area contributed by atoms with E-state index in [9.17, 15) is 4.39 Å². The number of rotatable bonds is 5. The van der Waals surface area contributed by atoms with Gasteiger partial charge in [-0.1, -0.05) is 12.1 Å². The zero-order valence-corrected chi connectivity index (χ0v) is 11.7. The molecule has 0 aliphatic rings. The van der Waals surface area contributed by atoms with Crippen molar-refractivity contribution in [2.24, 2.45) is 5.73 Å². The standard InChI is InChI=1S/C16H18FNO2/c1-11-7-14(17)5-4-13(11)10-20-15-6-3-12(9-18)8-16(15)19-2/h3-8H,9-10,18H2,1-2H3. The molecule has 0 unspecified atom stereocenters. The fraction of sp³-hybridized carbons (Fsp3) is 0.250. The van der Waals surface area contributed by atoms with Crippen LogP contribution in [0.3, 0.4) is 0 Å². The average molecular weight is 275 g/mol. The lowest BCUT2D eigenvalue weighted by Crippen LogP contribution is -2.02. The van der Waals surface area contributed by atoms with Gasteiger partial charge in [0.05, 0.1) is 7.11 Å². The Morgan fingerprint density at radius 2 is 1.90 bits per heavy atom. The number of benzene rings is 2. The Kier molecular flexibility index (Phi) is 4.58. The van der Waals surface area contributed by atoms with E-state index in [0.717, 1.165) is 16.7 Å². The van der Waals surface area contributed by atoms with E-state index in [1.807, 2.05) is 25.1 Å². The molecular formula is C16H18FNO2. The van der Waals surface area contributed by atoms with Gasteiger partial charge in [0.25, 0.3) is 0 Å². The maximum absolute atomic E-state index is 13.0. The fourth-order valence-corrected chi connectivity index (χ4v) is 1.93. The highest BCUT2D eigenvalue weighted by atomic mass is 19.1. The highest BCUT2D eigenvalue weighted by molar-refractivity contribution is 5.43. The van der Waals surface area contributed by atoms with Crippen LogP contribution in [0.4, 0.5) is 4.39 Å². The minimum absolute atomic E-state index is 0.240. The predicted octanol–water partition coefficient (Wildman–Crippen LogP) is 3.18. The summed E-state index contributed by atoms with van der Waals surface area (Å²) in [4.78, 5) is 0. The van der Waals surface area contributed by atoms with E-state index in [-0.39, 0.29) is 5.82 Å². The van der Waals surface area contributed by atoms with Crippen LogP contribution in [0.2, 0.25) is 0 Å². The van der Waals surface area contributed by atoms with Crippen LogP contribution < -0.4 is 15.2 Å². The van der Waals surface area contributed by atoms with Gasteiger partial charge in [0.2, 0.25) is 0 Å². The molecule has 106 valence electrons. The molecule has 0 saturated carbocycles. The first-order valence-electron chi connectivity index (χ1n) is 6.39. The first kappa shape index (κ1) is 14.3. The maximum Gasteiger partial charge on any atom is 0.161 e. The summed E-state index contributed by atoms with van der Waals surface area (Å²) in [7, 11) is 1.59. The molecule has 4 heteroatoms. The Morgan fingerprint density at radius 1 is 1.10 bits per heavy atom. The summed E-state index contributed by atoms with van der Waals surface area (Å²) in [5.41, 5.74) is 8.37. The molecule has 2 rings (SSSR count). The SMILES string of the molecule is COc1cc(CN)ccc1OCc1ccc(F)cc1C. The van der Waals surface area contributed by atoms with Gasteiger partial charge in [0.1, 0.15) is 12.4 Å². The van der Waals surface area contributed by atoms with E-state index >= 15 is 0 Å². The van der Waals surface area contributed by atoms with Gasteiger partial charge in [-0.25, -0.2) is 4.39 Å². The van der Waals surface area contributed by atoms with Crippen LogP contribution in [0.1, 0.15) is 16.7 Å². The van der Waals surface area contributed by atoms with E-state index in [2.05, 4.69) is 0 Å². The quantitative estimate of drug-likeness (QED) is 0.911. The number of nitrogens with two attached hydrogens (primary N) is 1. The van der Waals surface area contributed by atoms with Gasteiger partial charge < -0.3 is 15.2 Å². The molecule has 0 fully saturated rings. The van der Waals surface area contributed by atoms with Gasteiger partial charge in [-0.15, -0.1) is 0 Å². The number of halogens is 1. The van der Waals surface area contributed by atoms with E-state index in [4.69, 9.17) is 15.2 Å². The summed E-state index contributed by atoms with van der Waals surface area (Å²) in [5.74, 6) is 1.05. The zero-order chi connectivity index (χ0) is 14.5. The van der Waals surface area contributed by atoms with Crippen LogP contribution in [0.15, 0.2) is 36.4 Å². The molecule has 0 radical (unpaired) electrons. The van der Waals surface area contributed by atoms with Crippen molar-refractivity contribution < 1.29 is 13.9 Å². The molecule has 0 bridgehead atoms. The van der Waals surface area contributed by atoms with E-state index in [0.29, 0.717) is 24.7 Å². The Hall–Kier alpha value is -2.07. The number of hydrogen-bond donors (Lipinski definition) is 1. The predicted molar refractivity (Wildman–Crippen MR) is 76.4 cm³/mol. The third kappa shape index (κ3) is 3.27. The summed E-state index contributed by atoms with van der Waals surface area (Å²) < 4.78 is 24.1. The molecule has 3 nitrogen and oxygen atoms in total. The third-order valence-electron chi connectivity index (χ3n) is 3.15. The van der Waals surface area contributed by atoms with Gasteiger partial charge in [0.15, 0.2) is 11.5 Å². The molecule has 20 heavy (non-hydrogen) atoms. The summed E-state index contributed by atoms with van der Waals surface area (Å²) in [5, 5.41) is 0. The summed E-state index contributed by atoms with van der Waals surface area (Å²) in [6, 6.07) is 10.2. The molecule has 2 aromatic rings. The molecule has 2 aromatic carbocycles. The molecule has 0 aliphatic heterocycles. The van der Waals surface area contributed by atoms with Crippen molar-refractivity contribution in [3.05, 3.63) is 58.9 Å². The zero-order valence-electron chi connectivity index (χ0n) is 11.7. The van der Waals surface area contributed by atoms with Gasteiger partial charge in [-0.2, -0.15) is 0 Å². The molecule has 0 aromatic heterocycles. The van der Waals surface area contributed by atoms with Crippen molar-refractivity contribution in [1.29, 1.82) is 0 Å². The summed E-state index contributed by atoms with van der Waals surface area (Å²) in [6.07, 6.45) is 0. The highest BCUT2D eigenvalue weighted by Crippen LogP contribution is 2.29. The van der Waals surface area contributed by atoms with Gasteiger partial charge in [-0.05, 0) is 47.9 Å². The monoisotopic (exact) mass is 275 g/mol. The summed E-state index contributed by atoms with van der Waals surface area (Å²) >= 11 is 0. The Labute approximate surface area is 118 Å². The van der Waals surface area contributed by atoms with Crippen LogP contribution >= 0.6 is 0 Å². The molecule has 2 N–H and O–H groups in total. The molecule has 0 atom stereocenters. The lowest BCUT2D eigenvalue weighted by molar-refractivity contribution is 0.283. The topological polar surface area (TPSA) is 44.5 Å². The second kappa shape index (κ2) is 6.39. The minimum atomic E-state index is -0.240. The van der Waals surface area contributed by atoms with Crippen LogP contribution in [-0.4, -0.2) is 7.11 Å².